The number of rotatable bonds is 2. The third-order valence-electron chi connectivity index (χ3n) is 1.80. The lowest BCUT2D eigenvalue weighted by molar-refractivity contribution is 0.290. The molecule has 1 unspecified atom stereocenters. The van der Waals surface area contributed by atoms with E-state index >= 15 is 0 Å². The SMILES string of the molecule is C=CC(N)N1CCCC1. The molecule has 0 aromatic carbocycles. The molecule has 0 amide bonds. The van der Waals surface area contributed by atoms with Crippen molar-refractivity contribution in [1.82, 2.24) is 4.90 Å². The second kappa shape index (κ2) is 2.99. The maximum atomic E-state index is 5.69. The highest BCUT2D eigenvalue weighted by Gasteiger charge is 2.14. The molecule has 1 atom stereocenters. The van der Waals surface area contributed by atoms with Crippen LogP contribution in [0.25, 0.3) is 0 Å². The molecule has 1 rings (SSSR count). The molecule has 0 saturated carbocycles. The summed E-state index contributed by atoms with van der Waals surface area (Å²) in [6.07, 6.45) is 4.47. The normalized spacial score (nSPS) is 24.1. The minimum Gasteiger partial charge on any atom is -0.312 e. The molecule has 0 radical (unpaired) electrons. The smallest absolute Gasteiger partial charge is 0.0761 e. The van der Waals surface area contributed by atoms with Crippen LogP contribution in [-0.2, 0) is 0 Å². The van der Waals surface area contributed by atoms with Gasteiger partial charge in [0.1, 0.15) is 0 Å². The fraction of sp³-hybridized carbons (Fsp3) is 0.714. The quantitative estimate of drug-likeness (QED) is 0.547. The fourth-order valence-corrected chi connectivity index (χ4v) is 1.19. The van der Waals surface area contributed by atoms with Gasteiger partial charge in [-0.3, -0.25) is 4.90 Å². The van der Waals surface area contributed by atoms with Gasteiger partial charge in [-0.15, -0.1) is 6.58 Å². The summed E-state index contributed by atoms with van der Waals surface area (Å²) in [5, 5.41) is 0. The van der Waals surface area contributed by atoms with Crippen molar-refractivity contribution < 1.29 is 0 Å². The molecule has 2 heteroatoms. The number of hydrogen-bond donors (Lipinski definition) is 1. The summed E-state index contributed by atoms with van der Waals surface area (Å²) in [6, 6.07) is 0. The Kier molecular flexibility index (Phi) is 2.25. The fourth-order valence-electron chi connectivity index (χ4n) is 1.19. The van der Waals surface area contributed by atoms with Gasteiger partial charge < -0.3 is 5.73 Å². The van der Waals surface area contributed by atoms with Crippen LogP contribution in [0.5, 0.6) is 0 Å². The zero-order valence-electron chi connectivity index (χ0n) is 5.71. The Morgan fingerprint density at radius 3 is 2.44 bits per heavy atom. The van der Waals surface area contributed by atoms with Crippen LogP contribution >= 0.6 is 0 Å². The van der Waals surface area contributed by atoms with Crippen molar-refractivity contribution in [3.8, 4) is 0 Å². The second-order valence-electron chi connectivity index (χ2n) is 2.47. The van der Waals surface area contributed by atoms with Crippen molar-refractivity contribution in [2.45, 2.75) is 19.0 Å². The van der Waals surface area contributed by atoms with Gasteiger partial charge in [-0.1, -0.05) is 6.08 Å². The Labute approximate surface area is 56.3 Å². The van der Waals surface area contributed by atoms with Gasteiger partial charge in [0.05, 0.1) is 6.17 Å². The predicted molar refractivity (Wildman–Crippen MR) is 39.0 cm³/mol. The van der Waals surface area contributed by atoms with E-state index in [0.29, 0.717) is 0 Å². The molecule has 1 heterocycles. The van der Waals surface area contributed by atoms with E-state index in [1.165, 1.54) is 12.8 Å². The number of nitrogens with zero attached hydrogens (tertiary/aromatic N) is 1. The lowest BCUT2D eigenvalue weighted by Crippen LogP contribution is -2.37. The third-order valence-corrected chi connectivity index (χ3v) is 1.80. The Balaban J connectivity index is 2.32. The van der Waals surface area contributed by atoms with E-state index in [2.05, 4.69) is 11.5 Å². The maximum absolute atomic E-state index is 5.69. The molecule has 1 aliphatic rings. The highest BCUT2D eigenvalue weighted by atomic mass is 15.2. The van der Waals surface area contributed by atoms with Gasteiger partial charge in [0, 0.05) is 0 Å². The summed E-state index contributed by atoms with van der Waals surface area (Å²) < 4.78 is 0. The minimum absolute atomic E-state index is 0.0903. The summed E-state index contributed by atoms with van der Waals surface area (Å²) in [5.74, 6) is 0. The van der Waals surface area contributed by atoms with Crippen LogP contribution in [0, 0.1) is 0 Å². The third kappa shape index (κ3) is 1.53. The second-order valence-corrected chi connectivity index (χ2v) is 2.47. The molecular formula is C7H14N2. The first-order chi connectivity index (χ1) is 4.34. The molecule has 0 aliphatic carbocycles. The Morgan fingerprint density at radius 1 is 1.44 bits per heavy atom. The first kappa shape index (κ1) is 6.78. The molecule has 0 aromatic heterocycles. The largest absolute Gasteiger partial charge is 0.312 e. The Hall–Kier alpha value is -0.340. The van der Waals surface area contributed by atoms with Crippen molar-refractivity contribution in [3.05, 3.63) is 12.7 Å². The van der Waals surface area contributed by atoms with E-state index in [4.69, 9.17) is 5.73 Å². The molecule has 1 aliphatic heterocycles. The molecule has 2 N–H and O–H groups in total. The van der Waals surface area contributed by atoms with Crippen molar-refractivity contribution >= 4 is 0 Å². The summed E-state index contributed by atoms with van der Waals surface area (Å²) in [4.78, 5) is 2.24. The molecule has 0 spiro atoms. The lowest BCUT2D eigenvalue weighted by Gasteiger charge is -2.19. The maximum Gasteiger partial charge on any atom is 0.0761 e. The average molecular weight is 126 g/mol. The number of nitrogens with two attached hydrogens (primary N) is 1. The number of hydrogen-bond acceptors (Lipinski definition) is 2. The van der Waals surface area contributed by atoms with Crippen LogP contribution in [0.1, 0.15) is 12.8 Å². The van der Waals surface area contributed by atoms with Crippen LogP contribution in [-0.4, -0.2) is 24.2 Å². The molecule has 1 saturated heterocycles. The Bertz CT molecular complexity index is 95.1. The van der Waals surface area contributed by atoms with E-state index in [9.17, 15) is 0 Å². The summed E-state index contributed by atoms with van der Waals surface area (Å²) in [6.45, 7) is 5.93. The highest BCUT2D eigenvalue weighted by Crippen LogP contribution is 2.08. The first-order valence-electron chi connectivity index (χ1n) is 3.47. The predicted octanol–water partition coefficient (Wildman–Crippen LogP) is 0.553. The number of likely N-dealkylation sites (tertiary alicyclic amines) is 1. The van der Waals surface area contributed by atoms with E-state index in [0.717, 1.165) is 13.1 Å². The monoisotopic (exact) mass is 126 g/mol. The highest BCUT2D eigenvalue weighted by molar-refractivity contribution is 4.84. The molecule has 1 fully saturated rings. The molecule has 0 aromatic rings. The van der Waals surface area contributed by atoms with E-state index in [1.807, 2.05) is 0 Å². The van der Waals surface area contributed by atoms with Crippen molar-refractivity contribution in [2.24, 2.45) is 5.73 Å². The van der Waals surface area contributed by atoms with Gasteiger partial charge in [0.15, 0.2) is 0 Å². The van der Waals surface area contributed by atoms with Crippen LogP contribution in [0.4, 0.5) is 0 Å². The standard InChI is InChI=1S/C7H14N2/c1-2-7(8)9-5-3-4-6-9/h2,7H,1,3-6,8H2. The van der Waals surface area contributed by atoms with Crippen molar-refractivity contribution in [2.75, 3.05) is 13.1 Å². The van der Waals surface area contributed by atoms with Gasteiger partial charge in [0.2, 0.25) is 0 Å². The summed E-state index contributed by atoms with van der Waals surface area (Å²) in [7, 11) is 0. The molecule has 2 nitrogen and oxygen atoms in total. The van der Waals surface area contributed by atoms with Crippen LogP contribution in [0.2, 0.25) is 0 Å². The van der Waals surface area contributed by atoms with Gasteiger partial charge in [-0.2, -0.15) is 0 Å². The lowest BCUT2D eigenvalue weighted by atomic mass is 10.4. The van der Waals surface area contributed by atoms with E-state index < -0.39 is 0 Å². The van der Waals surface area contributed by atoms with Crippen LogP contribution in [0.3, 0.4) is 0 Å². The van der Waals surface area contributed by atoms with Gasteiger partial charge in [-0.25, -0.2) is 0 Å². The molecule has 9 heavy (non-hydrogen) atoms. The summed E-state index contributed by atoms with van der Waals surface area (Å²) >= 11 is 0. The van der Waals surface area contributed by atoms with E-state index in [1.54, 1.807) is 6.08 Å². The van der Waals surface area contributed by atoms with Crippen LogP contribution < -0.4 is 5.73 Å². The van der Waals surface area contributed by atoms with Gasteiger partial charge >= 0.3 is 0 Å². The molecule has 0 bridgehead atoms. The zero-order chi connectivity index (χ0) is 6.69. The van der Waals surface area contributed by atoms with Crippen molar-refractivity contribution in [1.29, 1.82) is 0 Å². The minimum atomic E-state index is 0.0903. The van der Waals surface area contributed by atoms with Crippen LogP contribution in [0.15, 0.2) is 12.7 Å². The average Bonchev–Trinajstić information content (AvgIpc) is 2.37. The molecular weight excluding hydrogens is 112 g/mol. The van der Waals surface area contributed by atoms with E-state index in [-0.39, 0.29) is 6.17 Å². The topological polar surface area (TPSA) is 29.3 Å². The summed E-state index contributed by atoms with van der Waals surface area (Å²) in [5.41, 5.74) is 5.69. The van der Waals surface area contributed by atoms with Crippen molar-refractivity contribution in [3.63, 3.8) is 0 Å². The van der Waals surface area contributed by atoms with Gasteiger partial charge in [-0.05, 0) is 25.9 Å². The Morgan fingerprint density at radius 2 is 2.00 bits per heavy atom. The molecule has 52 valence electrons. The zero-order valence-corrected chi connectivity index (χ0v) is 5.71. The van der Waals surface area contributed by atoms with Gasteiger partial charge in [0.25, 0.3) is 0 Å². The first-order valence-corrected chi connectivity index (χ1v) is 3.47.